The summed E-state index contributed by atoms with van der Waals surface area (Å²) < 4.78 is 3.43. The highest BCUT2D eigenvalue weighted by Gasteiger charge is 2.36. The minimum absolute atomic E-state index is 0.197. The highest BCUT2D eigenvalue weighted by molar-refractivity contribution is 7.15. The molecule has 1 aliphatic rings. The van der Waals surface area contributed by atoms with Gasteiger partial charge in [0.25, 0.3) is 11.5 Å². The number of nitrogens with one attached hydrogen (secondary N) is 1. The van der Waals surface area contributed by atoms with Crippen molar-refractivity contribution in [3.63, 3.8) is 0 Å². The van der Waals surface area contributed by atoms with Gasteiger partial charge in [0.1, 0.15) is 17.8 Å². The summed E-state index contributed by atoms with van der Waals surface area (Å²) in [5, 5.41) is 9.02. The van der Waals surface area contributed by atoms with Crippen LogP contribution in [0.25, 0.3) is 4.96 Å². The number of aromatic nitrogens is 5. The Balaban J connectivity index is 1.68. The zero-order chi connectivity index (χ0) is 16.7. The van der Waals surface area contributed by atoms with Gasteiger partial charge in [0.05, 0.1) is 6.04 Å². The van der Waals surface area contributed by atoms with Gasteiger partial charge in [0.2, 0.25) is 0 Å². The first-order chi connectivity index (χ1) is 11.7. The number of carbonyl (C=O) groups excluding carboxylic acids is 1. The third-order valence-corrected chi connectivity index (χ3v) is 4.91. The van der Waals surface area contributed by atoms with Crippen molar-refractivity contribution < 1.29 is 4.79 Å². The lowest BCUT2D eigenvalue weighted by Crippen LogP contribution is -2.34. The van der Waals surface area contributed by atoms with Crippen LogP contribution < -0.4 is 10.9 Å². The molecule has 1 amide bonds. The largest absolute Gasteiger partial charge is 0.340 e. The Hall–Kier alpha value is -2.55. The minimum Gasteiger partial charge on any atom is -0.340 e. The number of aryl methyl sites for hydroxylation is 1. The van der Waals surface area contributed by atoms with Gasteiger partial charge in [-0.15, -0.1) is 11.3 Å². The molecule has 0 aliphatic heterocycles. The first kappa shape index (κ1) is 15.0. The lowest BCUT2D eigenvalue weighted by molar-refractivity contribution is 0.0922. The Morgan fingerprint density at radius 1 is 1.50 bits per heavy atom. The van der Waals surface area contributed by atoms with E-state index in [1.807, 2.05) is 6.92 Å². The van der Waals surface area contributed by atoms with Gasteiger partial charge in [-0.25, -0.2) is 9.67 Å². The number of nitrogens with zero attached hydrogens (tertiary/aromatic N) is 5. The standard InChI is InChI=1S/C15H16N6O2S/c1-2-21-13(16-8-17-21)12(9-3-4-9)19-14(23)10-7-11(22)18-15-20(10)5-6-24-15/h5-9,12H,2-4H2,1H3,(H,19,23)/t12-/m0/s1. The Morgan fingerprint density at radius 2 is 2.33 bits per heavy atom. The van der Waals surface area contributed by atoms with Gasteiger partial charge in [-0.05, 0) is 25.7 Å². The molecular weight excluding hydrogens is 328 g/mol. The fourth-order valence-electron chi connectivity index (χ4n) is 2.82. The smallest absolute Gasteiger partial charge is 0.274 e. The minimum atomic E-state index is -0.415. The van der Waals surface area contributed by atoms with Crippen LogP contribution in [0.5, 0.6) is 0 Å². The molecule has 0 spiro atoms. The van der Waals surface area contributed by atoms with E-state index in [4.69, 9.17) is 0 Å². The van der Waals surface area contributed by atoms with Crippen molar-refractivity contribution in [1.29, 1.82) is 0 Å². The predicted molar refractivity (Wildman–Crippen MR) is 88.0 cm³/mol. The van der Waals surface area contributed by atoms with Gasteiger partial charge in [-0.3, -0.25) is 14.0 Å². The molecule has 1 N–H and O–H groups in total. The van der Waals surface area contributed by atoms with Crippen molar-refractivity contribution in [3.8, 4) is 0 Å². The number of fused-ring (bicyclic) bond motifs is 1. The molecular formula is C15H16N6O2S. The molecule has 3 heterocycles. The SMILES string of the molecule is CCn1ncnc1[C@@H](NC(=O)c1cc(=O)nc2sccn12)C1CC1. The number of rotatable bonds is 5. The normalized spacial score (nSPS) is 15.5. The molecule has 0 radical (unpaired) electrons. The van der Waals surface area contributed by atoms with Crippen LogP contribution in [-0.4, -0.2) is 30.1 Å². The van der Waals surface area contributed by atoms with Crippen LogP contribution in [0.2, 0.25) is 0 Å². The second-order valence-electron chi connectivity index (χ2n) is 5.76. The van der Waals surface area contributed by atoms with E-state index in [1.165, 1.54) is 23.7 Å². The van der Waals surface area contributed by atoms with E-state index >= 15 is 0 Å². The summed E-state index contributed by atoms with van der Waals surface area (Å²) in [7, 11) is 0. The summed E-state index contributed by atoms with van der Waals surface area (Å²) in [5.41, 5.74) is -0.123. The Labute approximate surface area is 141 Å². The van der Waals surface area contributed by atoms with Crippen LogP contribution in [0.15, 0.2) is 28.8 Å². The van der Waals surface area contributed by atoms with Crippen molar-refractivity contribution in [2.24, 2.45) is 5.92 Å². The Bertz CT molecular complexity index is 954. The fraction of sp³-hybridized carbons (Fsp3) is 0.400. The number of hydrogen-bond acceptors (Lipinski definition) is 6. The third-order valence-electron chi connectivity index (χ3n) is 4.15. The number of hydrogen-bond donors (Lipinski definition) is 1. The monoisotopic (exact) mass is 344 g/mol. The van der Waals surface area contributed by atoms with Gasteiger partial charge >= 0.3 is 0 Å². The molecule has 8 nitrogen and oxygen atoms in total. The van der Waals surface area contributed by atoms with E-state index in [1.54, 1.807) is 20.7 Å². The van der Waals surface area contributed by atoms with Gasteiger partial charge in [-0.1, -0.05) is 0 Å². The maximum atomic E-state index is 12.8. The molecule has 1 aliphatic carbocycles. The van der Waals surface area contributed by atoms with Crippen LogP contribution in [0.1, 0.15) is 42.1 Å². The number of amides is 1. The third kappa shape index (κ3) is 2.60. The molecule has 3 aromatic heterocycles. The first-order valence-electron chi connectivity index (χ1n) is 7.83. The van der Waals surface area contributed by atoms with Crippen molar-refractivity contribution in [2.75, 3.05) is 0 Å². The average Bonchev–Trinajstić information content (AvgIpc) is 3.11. The second-order valence-corrected chi connectivity index (χ2v) is 6.63. The summed E-state index contributed by atoms with van der Waals surface area (Å²) in [6, 6.07) is 1.07. The van der Waals surface area contributed by atoms with E-state index in [2.05, 4.69) is 20.4 Å². The van der Waals surface area contributed by atoms with Gasteiger partial charge in [-0.2, -0.15) is 10.1 Å². The molecule has 24 heavy (non-hydrogen) atoms. The fourth-order valence-corrected chi connectivity index (χ4v) is 3.54. The number of thiazole rings is 1. The number of carbonyl (C=O) groups is 1. The predicted octanol–water partition coefficient (Wildman–Crippen LogP) is 1.25. The van der Waals surface area contributed by atoms with Crippen molar-refractivity contribution >= 4 is 22.2 Å². The quantitative estimate of drug-likeness (QED) is 0.752. The molecule has 9 heteroatoms. The molecule has 0 bridgehead atoms. The zero-order valence-corrected chi connectivity index (χ0v) is 13.9. The molecule has 0 unspecified atom stereocenters. The van der Waals surface area contributed by atoms with Crippen molar-refractivity contribution in [2.45, 2.75) is 32.4 Å². The molecule has 4 rings (SSSR count). The molecule has 0 aromatic carbocycles. The summed E-state index contributed by atoms with van der Waals surface area (Å²) >= 11 is 1.32. The second kappa shape index (κ2) is 5.82. The molecule has 1 atom stereocenters. The van der Waals surface area contributed by atoms with Crippen molar-refractivity contribution in [3.05, 3.63) is 45.8 Å². The van der Waals surface area contributed by atoms with Crippen LogP contribution in [0.3, 0.4) is 0 Å². The summed E-state index contributed by atoms with van der Waals surface area (Å²) in [6.45, 7) is 2.68. The van der Waals surface area contributed by atoms with Gasteiger partial charge < -0.3 is 5.32 Å². The highest BCUT2D eigenvalue weighted by Crippen LogP contribution is 2.40. The van der Waals surface area contributed by atoms with Crippen LogP contribution in [-0.2, 0) is 6.54 Å². The van der Waals surface area contributed by atoms with Crippen molar-refractivity contribution in [1.82, 2.24) is 29.5 Å². The molecule has 1 saturated carbocycles. The summed E-state index contributed by atoms with van der Waals surface area (Å²) in [4.78, 5) is 33.3. The summed E-state index contributed by atoms with van der Waals surface area (Å²) in [5.74, 6) is 0.821. The molecule has 1 fully saturated rings. The zero-order valence-electron chi connectivity index (χ0n) is 13.0. The average molecular weight is 344 g/mol. The van der Waals surface area contributed by atoms with E-state index in [9.17, 15) is 9.59 Å². The molecule has 0 saturated heterocycles. The van der Waals surface area contributed by atoms with E-state index in [0.717, 1.165) is 18.7 Å². The summed E-state index contributed by atoms with van der Waals surface area (Å²) in [6.07, 6.45) is 5.34. The van der Waals surface area contributed by atoms with Crippen LogP contribution in [0, 0.1) is 5.92 Å². The van der Waals surface area contributed by atoms with Crippen LogP contribution >= 0.6 is 11.3 Å². The van der Waals surface area contributed by atoms with Crippen LogP contribution in [0.4, 0.5) is 0 Å². The lowest BCUT2D eigenvalue weighted by Gasteiger charge is -2.18. The lowest BCUT2D eigenvalue weighted by atomic mass is 10.1. The van der Waals surface area contributed by atoms with Gasteiger partial charge in [0.15, 0.2) is 4.96 Å². The maximum Gasteiger partial charge on any atom is 0.274 e. The van der Waals surface area contributed by atoms with E-state index in [-0.39, 0.29) is 11.9 Å². The highest BCUT2D eigenvalue weighted by atomic mass is 32.1. The Kier molecular flexibility index (Phi) is 3.64. The van der Waals surface area contributed by atoms with E-state index < -0.39 is 5.56 Å². The van der Waals surface area contributed by atoms with Gasteiger partial charge in [0, 0.05) is 24.2 Å². The van der Waals surface area contributed by atoms with E-state index in [0.29, 0.717) is 23.1 Å². The Morgan fingerprint density at radius 3 is 3.08 bits per heavy atom. The maximum absolute atomic E-state index is 12.8. The molecule has 3 aromatic rings. The topological polar surface area (TPSA) is 94.2 Å². The first-order valence-corrected chi connectivity index (χ1v) is 8.71. The molecule has 124 valence electrons.